The molecule has 0 aromatic rings. The molecule has 0 fully saturated rings. The van der Waals surface area contributed by atoms with Crippen molar-refractivity contribution in [2.45, 2.75) is 0 Å². The van der Waals surface area contributed by atoms with Gasteiger partial charge in [0.15, 0.2) is 0 Å². The zero-order valence-corrected chi connectivity index (χ0v) is 3.03. The molecule has 0 heterocycles. The second kappa shape index (κ2) is 15.7. The van der Waals surface area contributed by atoms with E-state index in [0.29, 0.717) is 0 Å². The number of hydrogen-bond acceptors (Lipinski definition) is 1. The summed E-state index contributed by atoms with van der Waals surface area (Å²) in [5, 5.41) is 13.9. The van der Waals surface area contributed by atoms with E-state index in [4.69, 9.17) is 15.0 Å². The van der Waals surface area contributed by atoms with Crippen LogP contribution in [0.25, 0.3) is 0 Å². The Morgan fingerprint density at radius 1 is 1.29 bits per heavy atom. The molecular formula is CH6ClMgNaO3. The zero-order chi connectivity index (χ0) is 3.58. The summed E-state index contributed by atoms with van der Waals surface area (Å²) in [4.78, 5) is 8.56. The van der Waals surface area contributed by atoms with Crippen molar-refractivity contribution < 1.29 is 15.0 Å². The molecule has 0 aliphatic carbocycles. The van der Waals surface area contributed by atoms with Crippen molar-refractivity contribution in [3.8, 4) is 0 Å². The van der Waals surface area contributed by atoms with E-state index >= 15 is 0 Å². The molecular weight excluding hydrogens is 143 g/mol. The van der Waals surface area contributed by atoms with Crippen LogP contribution in [-0.4, -0.2) is 69.0 Å². The Kier molecular flexibility index (Phi) is 53.4. The molecule has 6 heteroatoms. The predicted molar refractivity (Wildman–Crippen MR) is 33.6 cm³/mol. The Morgan fingerprint density at radius 3 is 1.29 bits per heavy atom. The third-order valence-electron chi connectivity index (χ3n) is 0. The van der Waals surface area contributed by atoms with Crippen molar-refractivity contribution in [2.24, 2.45) is 0 Å². The standard InChI is InChI=1S/CH2O3.ClH.Mg.Na.3H/c2-1(3)4;;;;;;/h(H2,2,3,4);1H;;;;;. The van der Waals surface area contributed by atoms with Crippen LogP contribution in [0.15, 0.2) is 0 Å². The van der Waals surface area contributed by atoms with Crippen molar-refractivity contribution >= 4 is 71.2 Å². The summed E-state index contributed by atoms with van der Waals surface area (Å²) in [6, 6.07) is 0. The fraction of sp³-hybridized carbons (Fsp3) is 0. The van der Waals surface area contributed by atoms with Crippen LogP contribution in [0.4, 0.5) is 4.79 Å². The van der Waals surface area contributed by atoms with E-state index in [9.17, 15) is 0 Å². The van der Waals surface area contributed by atoms with Gasteiger partial charge in [0.2, 0.25) is 0 Å². The molecule has 3 nitrogen and oxygen atoms in total. The van der Waals surface area contributed by atoms with Crippen LogP contribution in [0.1, 0.15) is 0 Å². The van der Waals surface area contributed by atoms with Gasteiger partial charge in [-0.2, -0.15) is 0 Å². The predicted octanol–water partition coefficient (Wildman–Crippen LogP) is -0.921. The van der Waals surface area contributed by atoms with Crippen molar-refractivity contribution in [3.05, 3.63) is 0 Å². The fourth-order valence-corrected chi connectivity index (χ4v) is 0. The summed E-state index contributed by atoms with van der Waals surface area (Å²) >= 11 is 0. The molecule has 0 unspecified atom stereocenters. The molecule has 0 atom stereocenters. The van der Waals surface area contributed by atoms with E-state index in [1.54, 1.807) is 0 Å². The zero-order valence-electron chi connectivity index (χ0n) is 2.21. The van der Waals surface area contributed by atoms with Crippen molar-refractivity contribution in [2.75, 3.05) is 0 Å². The summed E-state index contributed by atoms with van der Waals surface area (Å²) in [6.07, 6.45) is -1.83. The van der Waals surface area contributed by atoms with Gasteiger partial charge >= 0.3 is 58.8 Å². The maximum atomic E-state index is 8.56. The molecule has 2 N–H and O–H groups in total. The molecule has 0 radical (unpaired) electrons. The van der Waals surface area contributed by atoms with E-state index in [2.05, 4.69) is 0 Å². The van der Waals surface area contributed by atoms with E-state index in [0.717, 1.165) is 0 Å². The summed E-state index contributed by atoms with van der Waals surface area (Å²) in [5.74, 6) is 0. The van der Waals surface area contributed by atoms with Gasteiger partial charge in [-0.25, -0.2) is 4.79 Å². The summed E-state index contributed by atoms with van der Waals surface area (Å²) in [5.41, 5.74) is 0. The second-order valence-electron chi connectivity index (χ2n) is 0.283. The van der Waals surface area contributed by atoms with Gasteiger partial charge in [0.1, 0.15) is 0 Å². The summed E-state index contributed by atoms with van der Waals surface area (Å²) < 4.78 is 0. The summed E-state index contributed by atoms with van der Waals surface area (Å²) in [7, 11) is 0. The Labute approximate surface area is 85.3 Å². The molecule has 0 aromatic heterocycles. The van der Waals surface area contributed by atoms with Crippen LogP contribution in [0.2, 0.25) is 0 Å². The van der Waals surface area contributed by atoms with E-state index in [-0.39, 0.29) is 65.0 Å². The first-order valence-corrected chi connectivity index (χ1v) is 0.651. The Hall–Kier alpha value is 1.33. The molecule has 38 valence electrons. The topological polar surface area (TPSA) is 57.5 Å². The molecule has 0 saturated carbocycles. The monoisotopic (exact) mass is 148 g/mol. The van der Waals surface area contributed by atoms with E-state index < -0.39 is 6.16 Å². The van der Waals surface area contributed by atoms with Crippen molar-refractivity contribution in [1.82, 2.24) is 0 Å². The maximum absolute atomic E-state index is 8.56. The van der Waals surface area contributed by atoms with Gasteiger partial charge in [0, 0.05) is 0 Å². The molecule has 0 spiro atoms. The van der Waals surface area contributed by atoms with Crippen LogP contribution >= 0.6 is 12.4 Å². The summed E-state index contributed by atoms with van der Waals surface area (Å²) in [6.45, 7) is 0. The number of rotatable bonds is 0. The molecule has 0 amide bonds. The van der Waals surface area contributed by atoms with Gasteiger partial charge in [-0.05, 0) is 0 Å². The van der Waals surface area contributed by atoms with E-state index in [1.807, 2.05) is 0 Å². The van der Waals surface area contributed by atoms with Crippen LogP contribution in [0, 0.1) is 0 Å². The first-order valence-electron chi connectivity index (χ1n) is 0.651. The van der Waals surface area contributed by atoms with Crippen LogP contribution in [-0.2, 0) is 0 Å². The third kappa shape index (κ3) is 118. The van der Waals surface area contributed by atoms with Gasteiger partial charge in [0.25, 0.3) is 0 Å². The van der Waals surface area contributed by atoms with E-state index in [1.165, 1.54) is 0 Å². The Balaban J connectivity index is -0.0000000150. The van der Waals surface area contributed by atoms with Gasteiger partial charge in [-0.1, -0.05) is 0 Å². The molecule has 0 aliphatic heterocycles. The molecule has 0 aliphatic rings. The van der Waals surface area contributed by atoms with Gasteiger partial charge < -0.3 is 10.2 Å². The normalized spacial score (nSPS) is 3.43. The SMILES string of the molecule is Cl.O=C(O)O.[MgH2].[NaH]. The second-order valence-corrected chi connectivity index (χ2v) is 0.283. The average molecular weight is 149 g/mol. The third-order valence-corrected chi connectivity index (χ3v) is 0. The number of carboxylic acid groups (broad SMARTS) is 2. The molecule has 0 aromatic carbocycles. The van der Waals surface area contributed by atoms with Crippen LogP contribution in [0.5, 0.6) is 0 Å². The van der Waals surface area contributed by atoms with Crippen molar-refractivity contribution in [3.63, 3.8) is 0 Å². The number of carbonyl (C=O) groups is 1. The molecule has 0 bridgehead atoms. The van der Waals surface area contributed by atoms with Gasteiger partial charge in [-0.15, -0.1) is 12.4 Å². The van der Waals surface area contributed by atoms with Gasteiger partial charge in [-0.3, -0.25) is 0 Å². The van der Waals surface area contributed by atoms with Crippen LogP contribution < -0.4 is 0 Å². The average Bonchev–Trinajstić information content (AvgIpc) is 0.811. The van der Waals surface area contributed by atoms with Crippen molar-refractivity contribution in [1.29, 1.82) is 0 Å². The Morgan fingerprint density at radius 2 is 1.29 bits per heavy atom. The quantitative estimate of drug-likeness (QED) is 0.437. The molecule has 0 rings (SSSR count). The number of hydrogen-bond donors (Lipinski definition) is 2. The molecule has 0 saturated heterocycles. The van der Waals surface area contributed by atoms with Crippen LogP contribution in [0.3, 0.4) is 0 Å². The van der Waals surface area contributed by atoms with Gasteiger partial charge in [0.05, 0.1) is 0 Å². The first-order chi connectivity index (χ1) is 1.73. The minimum absolute atomic E-state index is 0. The molecule has 7 heavy (non-hydrogen) atoms. The first kappa shape index (κ1) is 23.9. The number of halogens is 1. The minimum atomic E-state index is -1.83. The fourth-order valence-electron chi connectivity index (χ4n) is 0. The Bertz CT molecular complexity index is 37.9.